The molecule has 0 radical (unpaired) electrons. The molecule has 1 atom stereocenters. The summed E-state index contributed by atoms with van der Waals surface area (Å²) < 4.78 is 5.55. The molecule has 0 aromatic heterocycles. The Balaban J connectivity index is 2.49. The summed E-state index contributed by atoms with van der Waals surface area (Å²) in [5, 5.41) is 12.3. The van der Waals surface area contributed by atoms with Crippen LogP contribution in [0.3, 0.4) is 0 Å². The summed E-state index contributed by atoms with van der Waals surface area (Å²) in [4.78, 5) is 11.5. The molecular weight excluding hydrogens is 194 g/mol. The largest absolute Gasteiger partial charge is 0.381 e. The highest BCUT2D eigenvalue weighted by Crippen LogP contribution is 2.24. The molecule has 1 amide bonds. The second-order valence-corrected chi connectivity index (χ2v) is 5.33. The smallest absolute Gasteiger partial charge is 0.251 e. The van der Waals surface area contributed by atoms with Gasteiger partial charge >= 0.3 is 0 Å². The van der Waals surface area contributed by atoms with Gasteiger partial charge < -0.3 is 15.2 Å². The van der Waals surface area contributed by atoms with Crippen LogP contribution in [0, 0.1) is 0 Å². The van der Waals surface area contributed by atoms with E-state index in [1.807, 2.05) is 13.8 Å². The highest BCUT2D eigenvalue weighted by Gasteiger charge is 2.32. The molecule has 1 saturated heterocycles. The Morgan fingerprint density at radius 1 is 1.53 bits per heavy atom. The minimum absolute atomic E-state index is 0.104. The van der Waals surface area contributed by atoms with E-state index in [4.69, 9.17) is 4.74 Å². The molecule has 0 bridgehead atoms. The first-order chi connectivity index (χ1) is 6.71. The molecule has 15 heavy (non-hydrogen) atoms. The van der Waals surface area contributed by atoms with Crippen LogP contribution in [0.4, 0.5) is 0 Å². The van der Waals surface area contributed by atoms with Gasteiger partial charge in [0.1, 0.15) is 5.60 Å². The molecule has 1 aliphatic heterocycles. The number of nitrogens with one attached hydrogen (secondary N) is 1. The minimum Gasteiger partial charge on any atom is -0.381 e. The van der Waals surface area contributed by atoms with Crippen molar-refractivity contribution in [2.24, 2.45) is 0 Å². The fraction of sp³-hybridized carbons (Fsp3) is 0.909. The van der Waals surface area contributed by atoms with Gasteiger partial charge in [-0.05, 0) is 40.5 Å². The lowest BCUT2D eigenvalue weighted by molar-refractivity contribution is -0.139. The van der Waals surface area contributed by atoms with Crippen LogP contribution in [0.1, 0.15) is 40.5 Å². The van der Waals surface area contributed by atoms with E-state index >= 15 is 0 Å². The topological polar surface area (TPSA) is 58.6 Å². The van der Waals surface area contributed by atoms with Crippen molar-refractivity contribution in [1.29, 1.82) is 0 Å². The second-order valence-electron chi connectivity index (χ2n) is 5.33. The summed E-state index contributed by atoms with van der Waals surface area (Å²) in [6.07, 6.45) is 1.60. The minimum atomic E-state index is -1.30. The molecule has 0 spiro atoms. The van der Waals surface area contributed by atoms with Crippen LogP contribution >= 0.6 is 0 Å². The molecule has 0 aromatic rings. The molecule has 1 aliphatic rings. The first-order valence-corrected chi connectivity index (χ1v) is 5.38. The van der Waals surface area contributed by atoms with E-state index in [1.165, 1.54) is 13.8 Å². The second kappa shape index (κ2) is 4.10. The first-order valence-electron chi connectivity index (χ1n) is 5.38. The zero-order chi connectivity index (χ0) is 11.7. The Morgan fingerprint density at radius 3 is 2.60 bits per heavy atom. The van der Waals surface area contributed by atoms with Crippen LogP contribution in [0.2, 0.25) is 0 Å². The van der Waals surface area contributed by atoms with Gasteiger partial charge in [-0.3, -0.25) is 4.79 Å². The van der Waals surface area contributed by atoms with Crippen molar-refractivity contribution in [2.75, 3.05) is 6.61 Å². The van der Waals surface area contributed by atoms with Gasteiger partial charge in [-0.1, -0.05) is 0 Å². The van der Waals surface area contributed by atoms with Gasteiger partial charge in [0.15, 0.2) is 0 Å². The Hall–Kier alpha value is -0.610. The number of hydrogen-bond acceptors (Lipinski definition) is 3. The number of hydrogen-bond donors (Lipinski definition) is 2. The van der Waals surface area contributed by atoms with Crippen molar-refractivity contribution >= 4 is 5.91 Å². The van der Waals surface area contributed by atoms with Crippen LogP contribution < -0.4 is 5.32 Å². The van der Waals surface area contributed by atoms with Gasteiger partial charge in [0.2, 0.25) is 0 Å². The Kier molecular flexibility index (Phi) is 3.41. The number of ether oxygens (including phenoxy) is 1. The van der Waals surface area contributed by atoms with Crippen LogP contribution in [-0.2, 0) is 9.53 Å². The van der Waals surface area contributed by atoms with E-state index in [0.717, 1.165) is 12.8 Å². The van der Waals surface area contributed by atoms with Gasteiger partial charge in [0.25, 0.3) is 5.91 Å². The molecule has 0 aliphatic carbocycles. The van der Waals surface area contributed by atoms with Crippen molar-refractivity contribution in [3.63, 3.8) is 0 Å². The highest BCUT2D eigenvalue weighted by molar-refractivity contribution is 5.84. The standard InChI is InChI=1S/C11H21NO3/c1-10(2)7-8(5-6-15-10)12-9(13)11(3,4)14/h8,14H,5-7H2,1-4H3,(H,12,13). The lowest BCUT2D eigenvalue weighted by atomic mass is 9.93. The molecule has 0 saturated carbocycles. The van der Waals surface area contributed by atoms with Crippen molar-refractivity contribution in [3.05, 3.63) is 0 Å². The zero-order valence-electron chi connectivity index (χ0n) is 9.96. The third-order valence-corrected chi connectivity index (χ3v) is 2.59. The van der Waals surface area contributed by atoms with Crippen LogP contribution in [0.5, 0.6) is 0 Å². The molecule has 4 nitrogen and oxygen atoms in total. The molecule has 4 heteroatoms. The molecule has 1 rings (SSSR count). The summed E-state index contributed by atoms with van der Waals surface area (Å²) >= 11 is 0. The van der Waals surface area contributed by atoms with Gasteiger partial charge in [-0.2, -0.15) is 0 Å². The molecular formula is C11H21NO3. The molecule has 88 valence electrons. The van der Waals surface area contributed by atoms with Crippen LogP contribution in [0.15, 0.2) is 0 Å². The predicted molar refractivity (Wildman–Crippen MR) is 57.5 cm³/mol. The summed E-state index contributed by atoms with van der Waals surface area (Å²) in [6.45, 7) is 7.66. The van der Waals surface area contributed by atoms with Crippen LogP contribution in [0.25, 0.3) is 0 Å². The number of aliphatic hydroxyl groups is 1. The third-order valence-electron chi connectivity index (χ3n) is 2.59. The normalized spacial score (nSPS) is 26.1. The molecule has 0 aromatic carbocycles. The summed E-state index contributed by atoms with van der Waals surface area (Å²) in [7, 11) is 0. The van der Waals surface area contributed by atoms with E-state index in [0.29, 0.717) is 6.61 Å². The fourth-order valence-corrected chi connectivity index (χ4v) is 1.72. The third kappa shape index (κ3) is 3.80. The van der Waals surface area contributed by atoms with Gasteiger partial charge in [-0.15, -0.1) is 0 Å². The summed E-state index contributed by atoms with van der Waals surface area (Å²) in [6, 6.07) is 0.104. The summed E-state index contributed by atoms with van der Waals surface area (Å²) in [5.74, 6) is -0.315. The lowest BCUT2D eigenvalue weighted by Crippen LogP contribution is -2.51. The SMILES string of the molecule is CC1(C)CC(NC(=O)C(C)(C)O)CCO1. The fourth-order valence-electron chi connectivity index (χ4n) is 1.72. The average molecular weight is 215 g/mol. The van der Waals surface area contributed by atoms with Gasteiger partial charge in [0, 0.05) is 12.6 Å². The number of carbonyl (C=O) groups excluding carboxylic acids is 1. The van der Waals surface area contributed by atoms with Crippen molar-refractivity contribution in [3.8, 4) is 0 Å². The Morgan fingerprint density at radius 2 is 2.13 bits per heavy atom. The van der Waals surface area contributed by atoms with Crippen LogP contribution in [-0.4, -0.2) is 34.9 Å². The number of amides is 1. The van der Waals surface area contributed by atoms with E-state index in [2.05, 4.69) is 5.32 Å². The highest BCUT2D eigenvalue weighted by atomic mass is 16.5. The van der Waals surface area contributed by atoms with Gasteiger partial charge in [0.05, 0.1) is 5.60 Å². The van der Waals surface area contributed by atoms with Crippen molar-refractivity contribution < 1.29 is 14.6 Å². The van der Waals surface area contributed by atoms with E-state index < -0.39 is 5.60 Å². The quantitative estimate of drug-likeness (QED) is 0.717. The Bertz CT molecular complexity index is 243. The molecule has 1 unspecified atom stereocenters. The van der Waals surface area contributed by atoms with Crippen molar-refractivity contribution in [1.82, 2.24) is 5.32 Å². The van der Waals surface area contributed by atoms with E-state index in [1.54, 1.807) is 0 Å². The number of rotatable bonds is 2. The Labute approximate surface area is 91.0 Å². The maximum atomic E-state index is 11.5. The maximum absolute atomic E-state index is 11.5. The van der Waals surface area contributed by atoms with E-state index in [9.17, 15) is 9.90 Å². The molecule has 1 fully saturated rings. The predicted octanol–water partition coefficient (Wildman–Crippen LogP) is 0.831. The monoisotopic (exact) mass is 215 g/mol. The maximum Gasteiger partial charge on any atom is 0.251 e. The first kappa shape index (κ1) is 12.5. The average Bonchev–Trinajstić information content (AvgIpc) is 2.00. The van der Waals surface area contributed by atoms with Crippen molar-refractivity contribution in [2.45, 2.75) is 57.8 Å². The lowest BCUT2D eigenvalue weighted by Gasteiger charge is -2.36. The van der Waals surface area contributed by atoms with Gasteiger partial charge in [-0.25, -0.2) is 0 Å². The molecule has 1 heterocycles. The number of carbonyl (C=O) groups is 1. The summed E-state index contributed by atoms with van der Waals surface area (Å²) in [5.41, 5.74) is -1.49. The zero-order valence-corrected chi connectivity index (χ0v) is 9.96. The van der Waals surface area contributed by atoms with E-state index in [-0.39, 0.29) is 17.6 Å². The molecule has 2 N–H and O–H groups in total.